The van der Waals surface area contributed by atoms with Crippen LogP contribution in [-0.2, 0) is 11.2 Å². The van der Waals surface area contributed by atoms with Crippen molar-refractivity contribution in [3.05, 3.63) is 36.0 Å². The fourth-order valence-electron chi connectivity index (χ4n) is 2.71. The van der Waals surface area contributed by atoms with Gasteiger partial charge in [0.25, 0.3) is 0 Å². The maximum Gasteiger partial charge on any atom is 0.209 e. The number of carbonyl (C=O) groups is 1. The number of carbonyl (C=O) groups excluding carboxylic acids is 1. The first kappa shape index (κ1) is 12.2. The second kappa shape index (κ2) is 5.45. The lowest BCUT2D eigenvalue weighted by atomic mass is 10.1. The molecule has 1 aromatic carbocycles. The maximum atomic E-state index is 10.7. The van der Waals surface area contributed by atoms with Crippen molar-refractivity contribution < 1.29 is 4.79 Å². The van der Waals surface area contributed by atoms with E-state index in [0.29, 0.717) is 0 Å². The summed E-state index contributed by atoms with van der Waals surface area (Å²) in [6.45, 7) is 4.76. The number of fused-ring (bicyclic) bond motifs is 1. The number of aromatic amines is 1. The van der Waals surface area contributed by atoms with Crippen LogP contribution in [0.5, 0.6) is 0 Å². The molecule has 0 atom stereocenters. The minimum absolute atomic E-state index is 0.859. The van der Waals surface area contributed by atoms with Gasteiger partial charge < -0.3 is 9.88 Å². The first-order valence-electron chi connectivity index (χ1n) is 6.83. The van der Waals surface area contributed by atoms with E-state index in [9.17, 15) is 4.79 Å². The normalized spacial score (nSPS) is 16.9. The smallest absolute Gasteiger partial charge is 0.209 e. The molecule has 4 heteroatoms. The fraction of sp³-hybridized carbons (Fsp3) is 0.400. The van der Waals surface area contributed by atoms with E-state index >= 15 is 0 Å². The molecule has 1 aromatic heterocycles. The predicted molar refractivity (Wildman–Crippen MR) is 76.1 cm³/mol. The van der Waals surface area contributed by atoms with Gasteiger partial charge >= 0.3 is 0 Å². The average Bonchev–Trinajstić information content (AvgIpc) is 2.89. The van der Waals surface area contributed by atoms with Gasteiger partial charge in [-0.3, -0.25) is 9.69 Å². The third kappa shape index (κ3) is 2.63. The van der Waals surface area contributed by atoms with Crippen molar-refractivity contribution in [2.75, 3.05) is 32.7 Å². The van der Waals surface area contributed by atoms with Crippen LogP contribution in [0.15, 0.2) is 30.5 Å². The molecule has 1 aliphatic heterocycles. The van der Waals surface area contributed by atoms with E-state index in [1.54, 1.807) is 0 Å². The highest BCUT2D eigenvalue weighted by molar-refractivity contribution is 5.83. The minimum Gasteiger partial charge on any atom is -0.361 e. The lowest BCUT2D eigenvalue weighted by molar-refractivity contribution is -0.119. The monoisotopic (exact) mass is 257 g/mol. The molecular formula is C15H19N3O. The minimum atomic E-state index is 0.859. The zero-order chi connectivity index (χ0) is 13.1. The third-order valence-electron chi connectivity index (χ3n) is 3.93. The summed E-state index contributed by atoms with van der Waals surface area (Å²) in [6.07, 6.45) is 4.13. The molecule has 3 rings (SSSR count). The maximum absolute atomic E-state index is 10.7. The number of hydrogen-bond acceptors (Lipinski definition) is 2. The standard InChI is InChI=1S/C15H19N3O/c19-12-18-9-7-17(8-10-18)6-5-13-11-16-15-4-2-1-3-14(13)15/h1-4,11-12,16H,5-10H2. The first-order valence-corrected chi connectivity index (χ1v) is 6.83. The third-order valence-corrected chi connectivity index (χ3v) is 3.93. The van der Waals surface area contributed by atoms with E-state index in [-0.39, 0.29) is 0 Å². The summed E-state index contributed by atoms with van der Waals surface area (Å²) in [6, 6.07) is 8.43. The van der Waals surface area contributed by atoms with E-state index in [4.69, 9.17) is 0 Å². The Kier molecular flexibility index (Phi) is 3.51. The Balaban J connectivity index is 1.59. The van der Waals surface area contributed by atoms with Crippen LogP contribution >= 0.6 is 0 Å². The number of H-pyrrole nitrogens is 1. The van der Waals surface area contributed by atoms with Gasteiger partial charge in [-0.2, -0.15) is 0 Å². The number of amides is 1. The van der Waals surface area contributed by atoms with Crippen LogP contribution in [0.4, 0.5) is 0 Å². The molecule has 1 amide bonds. The summed E-state index contributed by atoms with van der Waals surface area (Å²) < 4.78 is 0. The van der Waals surface area contributed by atoms with E-state index < -0.39 is 0 Å². The lowest BCUT2D eigenvalue weighted by Crippen LogP contribution is -2.46. The average molecular weight is 257 g/mol. The summed E-state index contributed by atoms with van der Waals surface area (Å²) >= 11 is 0. The molecule has 0 saturated carbocycles. The number of rotatable bonds is 4. The van der Waals surface area contributed by atoms with E-state index in [1.165, 1.54) is 16.5 Å². The zero-order valence-corrected chi connectivity index (χ0v) is 11.0. The van der Waals surface area contributed by atoms with Crippen molar-refractivity contribution >= 4 is 17.3 Å². The molecule has 19 heavy (non-hydrogen) atoms. The van der Waals surface area contributed by atoms with Gasteiger partial charge in [0.15, 0.2) is 0 Å². The van der Waals surface area contributed by atoms with Crippen LogP contribution in [0.1, 0.15) is 5.56 Å². The van der Waals surface area contributed by atoms with Gasteiger partial charge in [0.1, 0.15) is 0 Å². The van der Waals surface area contributed by atoms with Gasteiger partial charge in [0.05, 0.1) is 0 Å². The van der Waals surface area contributed by atoms with Gasteiger partial charge in [-0.1, -0.05) is 18.2 Å². The molecule has 0 spiro atoms. The van der Waals surface area contributed by atoms with Crippen molar-refractivity contribution in [3.8, 4) is 0 Å². The van der Waals surface area contributed by atoms with Crippen LogP contribution in [-0.4, -0.2) is 53.9 Å². The van der Waals surface area contributed by atoms with E-state index in [2.05, 4.69) is 40.3 Å². The van der Waals surface area contributed by atoms with Crippen LogP contribution in [0, 0.1) is 0 Å². The van der Waals surface area contributed by atoms with Crippen molar-refractivity contribution in [3.63, 3.8) is 0 Å². The van der Waals surface area contributed by atoms with Crippen LogP contribution in [0.2, 0.25) is 0 Å². The predicted octanol–water partition coefficient (Wildman–Crippen LogP) is 1.48. The van der Waals surface area contributed by atoms with Gasteiger partial charge in [-0.05, 0) is 18.1 Å². The Hall–Kier alpha value is -1.81. The summed E-state index contributed by atoms with van der Waals surface area (Å²) in [5.74, 6) is 0. The molecule has 1 fully saturated rings. The zero-order valence-electron chi connectivity index (χ0n) is 11.0. The Morgan fingerprint density at radius 2 is 1.95 bits per heavy atom. The molecule has 2 aromatic rings. The molecule has 100 valence electrons. The largest absolute Gasteiger partial charge is 0.361 e. The molecule has 1 saturated heterocycles. The van der Waals surface area contributed by atoms with Gasteiger partial charge in [-0.15, -0.1) is 0 Å². The molecule has 4 nitrogen and oxygen atoms in total. The summed E-state index contributed by atoms with van der Waals surface area (Å²) in [5.41, 5.74) is 2.59. The number of piperazine rings is 1. The highest BCUT2D eigenvalue weighted by Gasteiger charge is 2.15. The summed E-state index contributed by atoms with van der Waals surface area (Å²) in [7, 11) is 0. The Morgan fingerprint density at radius 1 is 1.16 bits per heavy atom. The Labute approximate surface area is 113 Å². The fourth-order valence-corrected chi connectivity index (χ4v) is 2.71. The molecule has 1 N–H and O–H groups in total. The molecule has 0 radical (unpaired) electrons. The second-order valence-corrected chi connectivity index (χ2v) is 5.09. The van der Waals surface area contributed by atoms with Gasteiger partial charge in [-0.25, -0.2) is 0 Å². The highest BCUT2D eigenvalue weighted by atomic mass is 16.1. The number of nitrogens with zero attached hydrogens (tertiary/aromatic N) is 2. The van der Waals surface area contributed by atoms with Crippen molar-refractivity contribution in [1.82, 2.24) is 14.8 Å². The van der Waals surface area contributed by atoms with E-state index in [0.717, 1.165) is 45.6 Å². The molecule has 2 heterocycles. The summed E-state index contributed by atoms with van der Waals surface area (Å²) in [5, 5.41) is 1.33. The van der Waals surface area contributed by atoms with Crippen molar-refractivity contribution in [1.29, 1.82) is 0 Å². The Bertz CT molecular complexity index is 555. The lowest BCUT2D eigenvalue weighted by Gasteiger charge is -2.32. The van der Waals surface area contributed by atoms with Crippen molar-refractivity contribution in [2.24, 2.45) is 0 Å². The number of hydrogen-bond donors (Lipinski definition) is 1. The highest BCUT2D eigenvalue weighted by Crippen LogP contribution is 2.18. The topological polar surface area (TPSA) is 39.3 Å². The number of nitrogens with one attached hydrogen (secondary N) is 1. The second-order valence-electron chi connectivity index (χ2n) is 5.09. The summed E-state index contributed by atoms with van der Waals surface area (Å²) in [4.78, 5) is 18.3. The quantitative estimate of drug-likeness (QED) is 0.843. The molecule has 1 aliphatic rings. The van der Waals surface area contributed by atoms with Gasteiger partial charge in [0.2, 0.25) is 6.41 Å². The molecular weight excluding hydrogens is 238 g/mol. The van der Waals surface area contributed by atoms with Crippen molar-refractivity contribution in [2.45, 2.75) is 6.42 Å². The van der Waals surface area contributed by atoms with Gasteiger partial charge in [0, 0.05) is 49.8 Å². The number of para-hydroxylation sites is 1. The number of benzene rings is 1. The van der Waals surface area contributed by atoms with Crippen LogP contribution < -0.4 is 0 Å². The molecule has 0 unspecified atom stereocenters. The molecule has 0 aliphatic carbocycles. The Morgan fingerprint density at radius 3 is 2.74 bits per heavy atom. The number of aromatic nitrogens is 1. The first-order chi connectivity index (χ1) is 9.36. The van der Waals surface area contributed by atoms with Crippen LogP contribution in [0.3, 0.4) is 0 Å². The van der Waals surface area contributed by atoms with E-state index in [1.807, 2.05) is 4.90 Å². The molecule has 0 bridgehead atoms. The van der Waals surface area contributed by atoms with Crippen LogP contribution in [0.25, 0.3) is 10.9 Å². The SMILES string of the molecule is O=CN1CCN(CCc2c[nH]c3ccccc23)CC1.